The van der Waals surface area contributed by atoms with Crippen molar-refractivity contribution in [1.82, 2.24) is 15.6 Å². The monoisotopic (exact) mass is 584 g/mol. The van der Waals surface area contributed by atoms with E-state index < -0.39 is 0 Å². The molecule has 0 atom stereocenters. The second kappa shape index (κ2) is 10.0. The SMILES string of the molecule is COc1ccc(/C=N/NC(=O)c2ccn[nH]2)cc1COc1c(Br)cc(Br)cc1Br. The summed E-state index contributed by atoms with van der Waals surface area (Å²) in [7, 11) is 1.60. The molecule has 1 heterocycles. The zero-order chi connectivity index (χ0) is 20.8. The van der Waals surface area contributed by atoms with Crippen molar-refractivity contribution in [2.24, 2.45) is 5.10 Å². The summed E-state index contributed by atoms with van der Waals surface area (Å²) in [6.45, 7) is 0.282. The van der Waals surface area contributed by atoms with Gasteiger partial charge >= 0.3 is 0 Å². The summed E-state index contributed by atoms with van der Waals surface area (Å²) in [5, 5.41) is 10.3. The number of aromatic amines is 1. The summed E-state index contributed by atoms with van der Waals surface area (Å²) in [6.07, 6.45) is 3.04. The highest BCUT2D eigenvalue weighted by Crippen LogP contribution is 2.37. The van der Waals surface area contributed by atoms with Crippen molar-refractivity contribution in [2.75, 3.05) is 7.11 Å². The number of halogens is 3. The molecule has 1 aromatic heterocycles. The van der Waals surface area contributed by atoms with Crippen LogP contribution in [0.25, 0.3) is 0 Å². The molecule has 0 saturated carbocycles. The van der Waals surface area contributed by atoms with Crippen LogP contribution in [0.2, 0.25) is 0 Å². The topological polar surface area (TPSA) is 88.6 Å². The molecule has 0 aliphatic rings. The summed E-state index contributed by atoms with van der Waals surface area (Å²) in [5.74, 6) is 0.995. The average molecular weight is 587 g/mol. The van der Waals surface area contributed by atoms with Gasteiger partial charge in [0.15, 0.2) is 0 Å². The van der Waals surface area contributed by atoms with E-state index in [1.54, 1.807) is 19.4 Å². The van der Waals surface area contributed by atoms with Crippen molar-refractivity contribution in [3.05, 3.63) is 72.8 Å². The van der Waals surface area contributed by atoms with Crippen LogP contribution in [-0.4, -0.2) is 29.4 Å². The summed E-state index contributed by atoms with van der Waals surface area (Å²) in [5.41, 5.74) is 4.38. The van der Waals surface area contributed by atoms with E-state index in [0.29, 0.717) is 17.2 Å². The van der Waals surface area contributed by atoms with Gasteiger partial charge in [0.1, 0.15) is 23.8 Å². The summed E-state index contributed by atoms with van der Waals surface area (Å²) in [4.78, 5) is 11.9. The van der Waals surface area contributed by atoms with Crippen LogP contribution in [0.3, 0.4) is 0 Å². The molecular weight excluding hydrogens is 572 g/mol. The van der Waals surface area contributed by atoms with Crippen molar-refractivity contribution in [2.45, 2.75) is 6.61 Å². The van der Waals surface area contributed by atoms with E-state index in [9.17, 15) is 4.79 Å². The molecule has 0 aliphatic carbocycles. The highest BCUT2D eigenvalue weighted by Gasteiger charge is 2.11. The van der Waals surface area contributed by atoms with Gasteiger partial charge in [0, 0.05) is 16.2 Å². The first-order chi connectivity index (χ1) is 14.0. The fraction of sp³-hybridized carbons (Fsp3) is 0.105. The van der Waals surface area contributed by atoms with Gasteiger partial charge in [0.05, 0.1) is 22.3 Å². The molecule has 150 valence electrons. The number of H-pyrrole nitrogens is 1. The van der Waals surface area contributed by atoms with Crippen LogP contribution >= 0.6 is 47.8 Å². The number of carbonyl (C=O) groups excluding carboxylic acids is 1. The molecule has 7 nitrogen and oxygen atoms in total. The van der Waals surface area contributed by atoms with Crippen LogP contribution in [0.5, 0.6) is 11.5 Å². The first-order valence-corrected chi connectivity index (χ1v) is 10.6. The van der Waals surface area contributed by atoms with E-state index in [-0.39, 0.29) is 12.5 Å². The number of nitrogens with one attached hydrogen (secondary N) is 2. The Labute approximate surface area is 192 Å². The zero-order valence-electron chi connectivity index (χ0n) is 15.1. The van der Waals surface area contributed by atoms with Crippen molar-refractivity contribution in [1.29, 1.82) is 0 Å². The number of nitrogens with zero attached hydrogens (tertiary/aromatic N) is 2. The standard InChI is InChI=1S/C19H15Br3N4O3/c1-28-17-3-2-11(9-24-26-19(27)16-4-5-23-25-16)6-12(17)10-29-18-14(21)7-13(20)8-15(18)22/h2-9H,10H2,1H3,(H,23,25)(H,26,27)/b24-9+. The van der Waals surface area contributed by atoms with Gasteiger partial charge in [-0.15, -0.1) is 0 Å². The minimum absolute atomic E-state index is 0.282. The molecule has 0 bridgehead atoms. The quantitative estimate of drug-likeness (QED) is 0.300. The Morgan fingerprint density at radius 1 is 1.21 bits per heavy atom. The highest BCUT2D eigenvalue weighted by atomic mass is 79.9. The number of hydrogen-bond acceptors (Lipinski definition) is 5. The first-order valence-electron chi connectivity index (χ1n) is 8.25. The maximum atomic E-state index is 11.9. The Morgan fingerprint density at radius 2 is 1.97 bits per heavy atom. The largest absolute Gasteiger partial charge is 0.496 e. The number of carbonyl (C=O) groups is 1. The van der Waals surface area contributed by atoms with Gasteiger partial charge in [-0.3, -0.25) is 9.89 Å². The van der Waals surface area contributed by atoms with Crippen LogP contribution < -0.4 is 14.9 Å². The Morgan fingerprint density at radius 3 is 2.62 bits per heavy atom. The number of benzene rings is 2. The molecule has 0 fully saturated rings. The van der Waals surface area contributed by atoms with Crippen molar-refractivity contribution in [3.8, 4) is 11.5 Å². The van der Waals surface area contributed by atoms with Gasteiger partial charge in [-0.1, -0.05) is 15.9 Å². The third-order valence-corrected chi connectivity index (χ3v) is 5.40. The number of rotatable bonds is 7. The predicted octanol–water partition coefficient (Wildman–Crippen LogP) is 5.05. The van der Waals surface area contributed by atoms with Gasteiger partial charge in [-0.25, -0.2) is 5.43 Å². The van der Waals surface area contributed by atoms with E-state index in [0.717, 1.165) is 24.5 Å². The summed E-state index contributed by atoms with van der Waals surface area (Å²) < 4.78 is 14.0. The molecule has 0 spiro atoms. The maximum Gasteiger partial charge on any atom is 0.289 e. The number of hydrogen-bond donors (Lipinski definition) is 2. The maximum absolute atomic E-state index is 11.9. The molecular formula is C19H15Br3N4O3. The van der Waals surface area contributed by atoms with Crippen molar-refractivity contribution >= 4 is 59.9 Å². The second-order valence-electron chi connectivity index (χ2n) is 5.73. The molecule has 2 aromatic carbocycles. The van der Waals surface area contributed by atoms with Crippen molar-refractivity contribution in [3.63, 3.8) is 0 Å². The lowest BCUT2D eigenvalue weighted by molar-refractivity contribution is 0.0950. The first kappa shape index (κ1) is 21.5. The molecule has 0 radical (unpaired) electrons. The number of ether oxygens (including phenoxy) is 2. The third kappa shape index (κ3) is 5.68. The Hall–Kier alpha value is -2.17. The third-order valence-electron chi connectivity index (χ3n) is 3.76. The second-order valence-corrected chi connectivity index (χ2v) is 8.35. The molecule has 29 heavy (non-hydrogen) atoms. The fourth-order valence-electron chi connectivity index (χ4n) is 2.42. The normalized spacial score (nSPS) is 10.9. The zero-order valence-corrected chi connectivity index (χ0v) is 19.8. The minimum Gasteiger partial charge on any atom is -0.496 e. The number of hydrazone groups is 1. The van der Waals surface area contributed by atoms with Gasteiger partial charge in [-0.05, 0) is 73.8 Å². The van der Waals surface area contributed by atoms with Gasteiger partial charge < -0.3 is 9.47 Å². The van der Waals surface area contributed by atoms with Gasteiger partial charge in [-0.2, -0.15) is 10.2 Å². The molecule has 0 saturated heterocycles. The molecule has 2 N–H and O–H groups in total. The van der Waals surface area contributed by atoms with E-state index in [4.69, 9.17) is 9.47 Å². The average Bonchev–Trinajstić information content (AvgIpc) is 3.22. The van der Waals surface area contributed by atoms with Gasteiger partial charge in [0.25, 0.3) is 5.91 Å². The minimum atomic E-state index is -0.374. The van der Waals surface area contributed by atoms with E-state index in [2.05, 4.69) is 68.5 Å². The smallest absolute Gasteiger partial charge is 0.289 e. The Balaban J connectivity index is 1.72. The Kier molecular flexibility index (Phi) is 7.45. The predicted molar refractivity (Wildman–Crippen MR) is 121 cm³/mol. The van der Waals surface area contributed by atoms with Crippen LogP contribution in [0.4, 0.5) is 0 Å². The number of methoxy groups -OCH3 is 1. The molecule has 3 rings (SSSR count). The lowest BCUT2D eigenvalue weighted by atomic mass is 10.1. The van der Waals surface area contributed by atoms with Crippen LogP contribution in [0.15, 0.2) is 61.1 Å². The van der Waals surface area contributed by atoms with E-state index in [1.807, 2.05) is 30.3 Å². The summed E-state index contributed by atoms with van der Waals surface area (Å²) >= 11 is 10.4. The Bertz CT molecular complexity index is 1020. The van der Waals surface area contributed by atoms with Crippen LogP contribution in [0.1, 0.15) is 21.6 Å². The fourth-order valence-corrected chi connectivity index (χ4v) is 4.90. The van der Waals surface area contributed by atoms with Crippen LogP contribution in [-0.2, 0) is 6.61 Å². The lowest BCUT2D eigenvalue weighted by Crippen LogP contribution is -2.18. The van der Waals surface area contributed by atoms with E-state index in [1.165, 1.54) is 6.20 Å². The van der Waals surface area contributed by atoms with Gasteiger partial charge in [0.2, 0.25) is 0 Å². The number of amides is 1. The van der Waals surface area contributed by atoms with Crippen molar-refractivity contribution < 1.29 is 14.3 Å². The molecule has 10 heteroatoms. The molecule has 0 unspecified atom stereocenters. The summed E-state index contributed by atoms with van der Waals surface area (Å²) in [6, 6.07) is 10.9. The molecule has 1 amide bonds. The molecule has 3 aromatic rings. The van der Waals surface area contributed by atoms with Crippen LogP contribution in [0, 0.1) is 0 Å². The van der Waals surface area contributed by atoms with E-state index >= 15 is 0 Å². The highest BCUT2D eigenvalue weighted by molar-refractivity contribution is 9.11. The number of aromatic nitrogens is 2. The molecule has 0 aliphatic heterocycles. The lowest BCUT2D eigenvalue weighted by Gasteiger charge is -2.13.